The van der Waals surface area contributed by atoms with Gasteiger partial charge in [0, 0.05) is 6.61 Å². The molecule has 2 N–H and O–H groups in total. The second-order valence-electron chi connectivity index (χ2n) is 5.07. The van der Waals surface area contributed by atoms with Gasteiger partial charge >= 0.3 is 0 Å². The van der Waals surface area contributed by atoms with Crippen molar-refractivity contribution >= 4 is 27.1 Å². The quantitative estimate of drug-likeness (QED) is 0.717. The van der Waals surface area contributed by atoms with Crippen LogP contribution in [0, 0.1) is 0 Å². The summed E-state index contributed by atoms with van der Waals surface area (Å²) in [5.41, 5.74) is 6.63. The van der Waals surface area contributed by atoms with Crippen molar-refractivity contribution in [1.82, 2.24) is 25.0 Å². The zero-order valence-corrected chi connectivity index (χ0v) is 12.8. The first-order valence-electron chi connectivity index (χ1n) is 6.74. The molecule has 0 unspecified atom stereocenters. The van der Waals surface area contributed by atoms with Crippen molar-refractivity contribution in [3.63, 3.8) is 0 Å². The maximum atomic E-state index is 11.0. The van der Waals surface area contributed by atoms with Crippen LogP contribution in [0.3, 0.4) is 0 Å². The molecule has 1 atom stereocenters. The third kappa shape index (κ3) is 3.31. The second kappa shape index (κ2) is 5.74. The number of nitrogens with two attached hydrogens (primary N) is 1. The van der Waals surface area contributed by atoms with Gasteiger partial charge in [0.05, 0.1) is 18.9 Å². The van der Waals surface area contributed by atoms with Crippen LogP contribution in [0.4, 0.5) is 5.82 Å². The predicted molar refractivity (Wildman–Crippen MR) is 76.1 cm³/mol. The number of nitrogen functional groups attached to an aromatic ring is 1. The number of hydrogen-bond acceptors (Lipinski definition) is 9. The number of hydrogen-bond donors (Lipinski definition) is 1. The molecule has 1 aliphatic rings. The molecule has 22 heavy (non-hydrogen) atoms. The molecule has 1 aliphatic heterocycles. The van der Waals surface area contributed by atoms with Crippen molar-refractivity contribution in [1.29, 1.82) is 0 Å². The van der Waals surface area contributed by atoms with E-state index >= 15 is 0 Å². The summed E-state index contributed by atoms with van der Waals surface area (Å²) in [5.74, 6) is 0.294. The number of fused-ring (bicyclic) bond motifs is 1. The van der Waals surface area contributed by atoms with Crippen LogP contribution in [0.15, 0.2) is 0 Å². The lowest BCUT2D eigenvalue weighted by atomic mass is 10.2. The predicted octanol–water partition coefficient (Wildman–Crippen LogP) is -0.541. The lowest BCUT2D eigenvalue weighted by Crippen LogP contribution is -2.17. The van der Waals surface area contributed by atoms with Gasteiger partial charge in [0.15, 0.2) is 22.8 Å². The van der Waals surface area contributed by atoms with Gasteiger partial charge in [-0.1, -0.05) is 5.21 Å². The van der Waals surface area contributed by atoms with Crippen molar-refractivity contribution in [2.24, 2.45) is 0 Å². The topological polar surface area (TPSA) is 135 Å². The molecule has 1 fully saturated rings. The summed E-state index contributed by atoms with van der Waals surface area (Å²) < 4.78 is 33.9. The number of aromatic nitrogens is 5. The van der Waals surface area contributed by atoms with Crippen LogP contribution in [0.1, 0.15) is 18.7 Å². The molecule has 0 radical (unpaired) electrons. The Bertz CT molecular complexity index is 783. The number of rotatable bonds is 5. The molecule has 0 spiro atoms. The molecule has 0 aromatic carbocycles. The van der Waals surface area contributed by atoms with E-state index in [1.54, 1.807) is 4.68 Å². The Hall–Kier alpha value is -1.85. The molecule has 1 saturated heterocycles. The Morgan fingerprint density at radius 2 is 2.27 bits per heavy atom. The van der Waals surface area contributed by atoms with E-state index in [0.717, 1.165) is 25.7 Å². The van der Waals surface area contributed by atoms with E-state index in [-0.39, 0.29) is 24.4 Å². The van der Waals surface area contributed by atoms with Gasteiger partial charge in [-0.3, -0.25) is 4.18 Å². The summed E-state index contributed by atoms with van der Waals surface area (Å²) in [6.07, 6.45) is 2.99. The van der Waals surface area contributed by atoms with E-state index in [1.807, 2.05) is 0 Å². The van der Waals surface area contributed by atoms with E-state index in [1.165, 1.54) is 0 Å². The van der Waals surface area contributed by atoms with Gasteiger partial charge in [-0.25, -0.2) is 14.6 Å². The molecular weight excluding hydrogens is 312 g/mol. The highest BCUT2D eigenvalue weighted by molar-refractivity contribution is 7.85. The minimum Gasteiger partial charge on any atom is -0.382 e. The zero-order chi connectivity index (χ0) is 15.7. The van der Waals surface area contributed by atoms with E-state index < -0.39 is 10.1 Å². The van der Waals surface area contributed by atoms with Gasteiger partial charge in [-0.05, 0) is 12.8 Å². The smallest absolute Gasteiger partial charge is 0.264 e. The normalized spacial score (nSPS) is 19.0. The summed E-state index contributed by atoms with van der Waals surface area (Å²) in [5, 5.41) is 7.97. The average Bonchev–Trinajstić information content (AvgIpc) is 3.07. The summed E-state index contributed by atoms with van der Waals surface area (Å²) in [7, 11) is -3.58. The monoisotopic (exact) mass is 328 g/mol. The van der Waals surface area contributed by atoms with Crippen LogP contribution in [-0.2, 0) is 32.2 Å². The fraction of sp³-hybridized carbons (Fsp3) is 0.636. The minimum atomic E-state index is -3.58. The van der Waals surface area contributed by atoms with Crippen molar-refractivity contribution < 1.29 is 17.3 Å². The molecule has 0 aliphatic carbocycles. The van der Waals surface area contributed by atoms with Crippen LogP contribution in [0.5, 0.6) is 0 Å². The van der Waals surface area contributed by atoms with Gasteiger partial charge in [-0.2, -0.15) is 8.42 Å². The molecule has 3 rings (SSSR count). The largest absolute Gasteiger partial charge is 0.382 e. The Kier molecular flexibility index (Phi) is 3.93. The molecule has 2 aromatic rings. The van der Waals surface area contributed by atoms with Gasteiger partial charge in [0.2, 0.25) is 0 Å². The molecule has 2 aromatic heterocycles. The first-order valence-corrected chi connectivity index (χ1v) is 8.55. The fourth-order valence-electron chi connectivity index (χ4n) is 2.25. The molecular formula is C11H16N6O4S. The Labute approximate surface area is 126 Å². The Balaban J connectivity index is 1.88. The lowest BCUT2D eigenvalue weighted by Gasteiger charge is -2.09. The zero-order valence-electron chi connectivity index (χ0n) is 12.0. The molecule has 0 amide bonds. The van der Waals surface area contributed by atoms with Crippen molar-refractivity contribution in [2.75, 3.05) is 18.6 Å². The SMILES string of the molecule is CS(=O)(=O)OCc1nc(N)c2nnn(C[C@H]3CCCO3)c2n1. The number of nitrogens with zero attached hydrogens (tertiary/aromatic N) is 5. The van der Waals surface area contributed by atoms with Crippen LogP contribution in [-0.4, -0.2) is 52.3 Å². The first-order chi connectivity index (χ1) is 10.4. The molecule has 0 saturated carbocycles. The van der Waals surface area contributed by atoms with Crippen molar-refractivity contribution in [2.45, 2.75) is 32.1 Å². The fourth-order valence-corrected chi connectivity index (χ4v) is 2.57. The summed E-state index contributed by atoms with van der Waals surface area (Å²) >= 11 is 0. The van der Waals surface area contributed by atoms with E-state index in [9.17, 15) is 8.42 Å². The van der Waals surface area contributed by atoms with Gasteiger partial charge < -0.3 is 10.5 Å². The third-order valence-electron chi connectivity index (χ3n) is 3.24. The standard InChI is InChI=1S/C11H16N6O4S/c1-22(18,19)21-6-8-13-10(12)9-11(14-8)17(16-15-9)5-7-3-2-4-20-7/h7H,2-6H2,1H3,(H2,12,13,14)/t7-/m1/s1. The minimum absolute atomic E-state index is 0.0665. The van der Waals surface area contributed by atoms with Gasteiger partial charge in [-0.15, -0.1) is 5.10 Å². The maximum absolute atomic E-state index is 11.0. The molecule has 11 heteroatoms. The molecule has 120 valence electrons. The summed E-state index contributed by atoms with van der Waals surface area (Å²) in [6, 6.07) is 0. The van der Waals surface area contributed by atoms with Crippen LogP contribution < -0.4 is 5.73 Å². The van der Waals surface area contributed by atoms with E-state index in [4.69, 9.17) is 10.5 Å². The van der Waals surface area contributed by atoms with Crippen LogP contribution in [0.25, 0.3) is 11.2 Å². The van der Waals surface area contributed by atoms with Crippen molar-refractivity contribution in [3.05, 3.63) is 5.82 Å². The highest BCUT2D eigenvalue weighted by Crippen LogP contribution is 2.19. The number of ether oxygens (including phenoxy) is 1. The van der Waals surface area contributed by atoms with Crippen molar-refractivity contribution in [3.8, 4) is 0 Å². The second-order valence-corrected chi connectivity index (χ2v) is 6.71. The Morgan fingerprint density at radius 1 is 1.45 bits per heavy atom. The van der Waals surface area contributed by atoms with Gasteiger partial charge in [0.25, 0.3) is 10.1 Å². The van der Waals surface area contributed by atoms with E-state index in [0.29, 0.717) is 17.7 Å². The summed E-state index contributed by atoms with van der Waals surface area (Å²) in [6.45, 7) is 0.964. The number of anilines is 1. The molecule has 0 bridgehead atoms. The molecule has 3 heterocycles. The molecule has 10 nitrogen and oxygen atoms in total. The highest BCUT2D eigenvalue weighted by atomic mass is 32.2. The van der Waals surface area contributed by atoms with Crippen LogP contribution >= 0.6 is 0 Å². The highest BCUT2D eigenvalue weighted by Gasteiger charge is 2.20. The first kappa shape index (κ1) is 15.1. The van der Waals surface area contributed by atoms with E-state index in [2.05, 4.69) is 24.5 Å². The van der Waals surface area contributed by atoms with Crippen LogP contribution in [0.2, 0.25) is 0 Å². The third-order valence-corrected chi connectivity index (χ3v) is 3.78. The summed E-state index contributed by atoms with van der Waals surface area (Å²) in [4.78, 5) is 8.22. The lowest BCUT2D eigenvalue weighted by molar-refractivity contribution is 0.0944. The Morgan fingerprint density at radius 3 is 2.95 bits per heavy atom. The maximum Gasteiger partial charge on any atom is 0.264 e. The van der Waals surface area contributed by atoms with Gasteiger partial charge in [0.1, 0.15) is 6.61 Å². The average molecular weight is 328 g/mol.